The summed E-state index contributed by atoms with van der Waals surface area (Å²) in [6.45, 7) is -0.586. The monoisotopic (exact) mass is 483 g/mol. The quantitative estimate of drug-likeness (QED) is 0.466. The van der Waals surface area contributed by atoms with Gasteiger partial charge in [0.1, 0.15) is 17.1 Å². The molecule has 0 radical (unpaired) electrons. The number of alkyl halides is 2. The number of nitrogens with one attached hydrogen (secondary N) is 1. The molecule has 0 unspecified atom stereocenters. The van der Waals surface area contributed by atoms with Crippen molar-refractivity contribution in [2.24, 2.45) is 0 Å². The molecule has 1 N–H and O–H groups in total. The van der Waals surface area contributed by atoms with Crippen LogP contribution in [0.1, 0.15) is 43.0 Å². The van der Waals surface area contributed by atoms with Crippen molar-refractivity contribution in [2.45, 2.75) is 39.2 Å². The van der Waals surface area contributed by atoms with Gasteiger partial charge in [0.05, 0.1) is 11.4 Å². The van der Waals surface area contributed by atoms with Gasteiger partial charge in [-0.1, -0.05) is 17.2 Å². The normalized spacial score (nSPS) is 13.7. The minimum atomic E-state index is -2.97. The molecule has 1 amide bonds. The summed E-state index contributed by atoms with van der Waals surface area (Å²) in [5.74, 6) is -1.19. The summed E-state index contributed by atoms with van der Waals surface area (Å²) in [6, 6.07) is 12.3. The van der Waals surface area contributed by atoms with Gasteiger partial charge < -0.3 is 10.1 Å². The van der Waals surface area contributed by atoms with Crippen molar-refractivity contribution in [1.82, 2.24) is 15.1 Å². The lowest BCUT2D eigenvalue weighted by atomic mass is 9.93. The van der Waals surface area contributed by atoms with E-state index < -0.39 is 23.9 Å². The molecule has 0 aliphatic heterocycles. The first-order valence-electron chi connectivity index (χ1n) is 11.2. The largest absolute Gasteiger partial charge is 0.435 e. The number of halogens is 3. The van der Waals surface area contributed by atoms with Gasteiger partial charge in [-0.25, -0.2) is 4.39 Å². The van der Waals surface area contributed by atoms with Gasteiger partial charge >= 0.3 is 6.61 Å². The Bertz CT molecular complexity index is 1320. The van der Waals surface area contributed by atoms with Gasteiger partial charge in [0, 0.05) is 12.1 Å². The van der Waals surface area contributed by atoms with Gasteiger partial charge in [-0.3, -0.25) is 9.59 Å². The third-order valence-electron chi connectivity index (χ3n) is 5.93. The topological polar surface area (TPSA) is 73.2 Å². The summed E-state index contributed by atoms with van der Waals surface area (Å²) in [4.78, 5) is 26.3. The van der Waals surface area contributed by atoms with Crippen LogP contribution in [-0.2, 0) is 0 Å². The first-order valence-corrected chi connectivity index (χ1v) is 11.2. The fourth-order valence-electron chi connectivity index (χ4n) is 4.03. The number of carbonyl (C=O) groups is 1. The van der Waals surface area contributed by atoms with Crippen LogP contribution in [0.5, 0.6) is 5.75 Å². The third kappa shape index (κ3) is 5.79. The van der Waals surface area contributed by atoms with E-state index in [4.69, 9.17) is 0 Å². The Balaban J connectivity index is 1.73. The highest BCUT2D eigenvalue weighted by Crippen LogP contribution is 2.24. The third-order valence-corrected chi connectivity index (χ3v) is 5.93. The smallest absolute Gasteiger partial charge is 0.387 e. The number of aromatic nitrogens is 2. The van der Waals surface area contributed by atoms with Gasteiger partial charge in [0.25, 0.3) is 11.5 Å². The molecular formula is C26H24F3N3O3. The van der Waals surface area contributed by atoms with Crippen molar-refractivity contribution in [3.63, 3.8) is 0 Å². The number of hydrogen-bond acceptors (Lipinski definition) is 4. The first-order chi connectivity index (χ1) is 16.8. The molecule has 0 fully saturated rings. The number of hydrogen-bond donors (Lipinski definition) is 1. The van der Waals surface area contributed by atoms with E-state index in [1.807, 2.05) is 6.92 Å². The molecule has 1 aromatic heterocycles. The highest BCUT2D eigenvalue weighted by Gasteiger charge is 2.19. The molecule has 9 heteroatoms. The number of amides is 1. The zero-order chi connectivity index (χ0) is 24.9. The second-order valence-corrected chi connectivity index (χ2v) is 8.32. The number of benzene rings is 2. The van der Waals surface area contributed by atoms with Crippen LogP contribution in [0, 0.1) is 5.82 Å². The molecule has 6 nitrogen and oxygen atoms in total. The molecule has 0 atom stereocenters. The van der Waals surface area contributed by atoms with Crippen LogP contribution in [0.3, 0.4) is 0 Å². The van der Waals surface area contributed by atoms with Crippen molar-refractivity contribution in [2.75, 3.05) is 6.54 Å². The average molecular weight is 483 g/mol. The van der Waals surface area contributed by atoms with E-state index in [0.717, 1.165) is 42.0 Å². The lowest BCUT2D eigenvalue weighted by Crippen LogP contribution is -2.35. The Morgan fingerprint density at radius 2 is 1.86 bits per heavy atom. The summed E-state index contributed by atoms with van der Waals surface area (Å²) in [5, 5.41) is 7.13. The van der Waals surface area contributed by atoms with E-state index in [1.165, 1.54) is 54.1 Å². The maximum absolute atomic E-state index is 13.9. The highest BCUT2D eigenvalue weighted by molar-refractivity contribution is 5.95. The molecule has 182 valence electrons. The molecule has 1 aliphatic rings. The number of ether oxygens (including phenoxy) is 1. The van der Waals surface area contributed by atoms with Crippen molar-refractivity contribution < 1.29 is 22.7 Å². The Morgan fingerprint density at radius 3 is 2.54 bits per heavy atom. The minimum absolute atomic E-state index is 0.0451. The van der Waals surface area contributed by atoms with E-state index in [-0.39, 0.29) is 22.7 Å². The molecule has 4 rings (SSSR count). The lowest BCUT2D eigenvalue weighted by molar-refractivity contribution is -0.0498. The van der Waals surface area contributed by atoms with Crippen molar-refractivity contribution >= 4 is 5.91 Å². The zero-order valence-electron chi connectivity index (χ0n) is 19.1. The lowest BCUT2D eigenvalue weighted by Gasteiger charge is -2.18. The Morgan fingerprint density at radius 1 is 1.11 bits per heavy atom. The number of carbonyl (C=O) groups excluding carboxylic acids is 1. The van der Waals surface area contributed by atoms with Gasteiger partial charge in [0.2, 0.25) is 0 Å². The molecular weight excluding hydrogens is 459 g/mol. The van der Waals surface area contributed by atoms with Gasteiger partial charge in [-0.05, 0) is 81.1 Å². The molecule has 2 aromatic carbocycles. The maximum Gasteiger partial charge on any atom is 0.387 e. The summed E-state index contributed by atoms with van der Waals surface area (Å²) < 4.78 is 44.2. The molecule has 0 saturated heterocycles. The summed E-state index contributed by atoms with van der Waals surface area (Å²) in [7, 11) is 0. The van der Waals surface area contributed by atoms with Crippen molar-refractivity contribution in [3.05, 3.63) is 87.5 Å². The molecule has 0 spiro atoms. The predicted octanol–water partition coefficient (Wildman–Crippen LogP) is 5.26. The van der Waals surface area contributed by atoms with Crippen LogP contribution < -0.4 is 15.6 Å². The molecule has 0 bridgehead atoms. The van der Waals surface area contributed by atoms with Crippen LogP contribution in [0.15, 0.2) is 70.5 Å². The number of allylic oxidation sites excluding steroid dienone is 1. The molecule has 3 aromatic rings. The Hall–Kier alpha value is -3.88. The number of nitrogens with zero attached hydrogens (tertiary/aromatic N) is 2. The second-order valence-electron chi connectivity index (χ2n) is 8.32. The van der Waals surface area contributed by atoms with E-state index in [0.29, 0.717) is 12.1 Å². The predicted molar refractivity (Wildman–Crippen MR) is 125 cm³/mol. The SMILES string of the molecule is CC1=C(CNC(=O)c2cc(-c3ccc(OC(F)F)cc3)nn(-c3cccc(F)c3)c2=O)CCCC1. The van der Waals surface area contributed by atoms with E-state index in [9.17, 15) is 22.8 Å². The van der Waals surface area contributed by atoms with Crippen LogP contribution in [-0.4, -0.2) is 28.8 Å². The van der Waals surface area contributed by atoms with Crippen molar-refractivity contribution in [1.29, 1.82) is 0 Å². The summed E-state index contributed by atoms with van der Waals surface area (Å²) >= 11 is 0. The summed E-state index contributed by atoms with van der Waals surface area (Å²) in [5.41, 5.74) is 2.36. The van der Waals surface area contributed by atoms with Gasteiger partial charge in [0.15, 0.2) is 0 Å². The van der Waals surface area contributed by atoms with Crippen LogP contribution >= 0.6 is 0 Å². The Kier molecular flexibility index (Phi) is 7.33. The Labute approximate surface area is 200 Å². The van der Waals surface area contributed by atoms with E-state index >= 15 is 0 Å². The zero-order valence-corrected chi connectivity index (χ0v) is 19.1. The molecule has 0 saturated carbocycles. The minimum Gasteiger partial charge on any atom is -0.435 e. The second kappa shape index (κ2) is 10.6. The maximum atomic E-state index is 13.9. The van der Waals surface area contributed by atoms with Crippen LogP contribution in [0.2, 0.25) is 0 Å². The number of rotatable bonds is 7. The molecule has 35 heavy (non-hydrogen) atoms. The molecule has 1 aliphatic carbocycles. The van der Waals surface area contributed by atoms with E-state index in [2.05, 4.69) is 15.2 Å². The standard InChI is InChI=1S/C26H24F3N3O3/c1-16-5-2-3-6-18(16)15-30-24(33)22-14-23(17-9-11-21(12-10-17)35-26(28)29)31-32(25(22)34)20-8-4-7-19(27)13-20/h4,7-14,26H,2-3,5-6,15H2,1H3,(H,30,33). The molecule has 1 heterocycles. The van der Waals surface area contributed by atoms with E-state index in [1.54, 1.807) is 0 Å². The average Bonchev–Trinajstić information content (AvgIpc) is 2.83. The highest BCUT2D eigenvalue weighted by atomic mass is 19.3. The van der Waals surface area contributed by atoms with Crippen LogP contribution in [0.4, 0.5) is 13.2 Å². The van der Waals surface area contributed by atoms with Crippen molar-refractivity contribution in [3.8, 4) is 22.7 Å². The van der Waals surface area contributed by atoms with Gasteiger partial charge in [-0.15, -0.1) is 0 Å². The fourth-order valence-corrected chi connectivity index (χ4v) is 4.03. The van der Waals surface area contributed by atoms with Gasteiger partial charge in [-0.2, -0.15) is 18.6 Å². The summed E-state index contributed by atoms with van der Waals surface area (Å²) in [6.07, 6.45) is 4.06. The fraction of sp³-hybridized carbons (Fsp3) is 0.269. The first kappa shape index (κ1) is 24.3. The van der Waals surface area contributed by atoms with Crippen LogP contribution in [0.25, 0.3) is 16.9 Å².